The zero-order valence-electron chi connectivity index (χ0n) is 24.2. The number of anilines is 2. The number of ether oxygens (including phenoxy) is 1. The van der Waals surface area contributed by atoms with Crippen molar-refractivity contribution in [1.29, 1.82) is 0 Å². The van der Waals surface area contributed by atoms with Gasteiger partial charge in [-0.3, -0.25) is 14.4 Å². The first kappa shape index (κ1) is 32.3. The molecule has 1 aliphatic rings. The molecule has 9 nitrogen and oxygen atoms in total. The van der Waals surface area contributed by atoms with Crippen LogP contribution in [0.4, 0.5) is 11.4 Å². The smallest absolute Gasteiger partial charge is 0.262 e. The van der Waals surface area contributed by atoms with Gasteiger partial charge in [0.15, 0.2) is 0 Å². The maximum atomic E-state index is 14.0. The van der Waals surface area contributed by atoms with Crippen LogP contribution in [-0.4, -0.2) is 74.7 Å². The van der Waals surface area contributed by atoms with E-state index in [0.717, 1.165) is 5.56 Å². The van der Waals surface area contributed by atoms with Crippen LogP contribution >= 0.6 is 23.2 Å². The molecule has 1 aliphatic heterocycles. The predicted molar refractivity (Wildman–Crippen MR) is 170 cm³/mol. The Balaban J connectivity index is 1.52. The summed E-state index contributed by atoms with van der Waals surface area (Å²) < 4.78 is 5.57. The fraction of sp³-hybridized carbons (Fsp3) is 0.344. The highest BCUT2D eigenvalue weighted by Gasteiger charge is 2.30. The molecule has 1 unspecified atom stereocenters. The van der Waals surface area contributed by atoms with E-state index in [1.165, 1.54) is 7.11 Å². The number of methoxy groups -OCH3 is 1. The molecule has 0 aromatic heterocycles. The van der Waals surface area contributed by atoms with Gasteiger partial charge in [0, 0.05) is 55.1 Å². The first-order valence-corrected chi connectivity index (χ1v) is 14.9. The van der Waals surface area contributed by atoms with Crippen LogP contribution in [-0.2, 0) is 4.79 Å². The van der Waals surface area contributed by atoms with Gasteiger partial charge in [-0.05, 0) is 73.8 Å². The summed E-state index contributed by atoms with van der Waals surface area (Å²) in [5, 5.41) is 15.7. The standard InChI is InChI=1S/C32H36Cl2N4O5/c1-37(16-17-39)15-13-35-30(40)18-21-6-5-14-38(28-12-9-22(33)19-26(21)28)32(42)25-11-10-23(20-29(25)43-2)36-31(41)24-7-3-4-8-27(24)34/h3-4,7-12,19-21,39H,5-6,13-18H2,1-2H3,(H,35,40)(H,36,41). The molecule has 0 saturated carbocycles. The van der Waals surface area contributed by atoms with E-state index in [0.29, 0.717) is 77.3 Å². The Morgan fingerprint density at radius 3 is 2.58 bits per heavy atom. The summed E-state index contributed by atoms with van der Waals surface area (Å²) in [7, 11) is 3.36. The van der Waals surface area contributed by atoms with Crippen molar-refractivity contribution < 1.29 is 24.2 Å². The van der Waals surface area contributed by atoms with Crippen molar-refractivity contribution in [3.05, 3.63) is 87.4 Å². The van der Waals surface area contributed by atoms with Crippen molar-refractivity contribution in [2.75, 3.05) is 57.2 Å². The average molecular weight is 628 g/mol. The van der Waals surface area contributed by atoms with E-state index in [4.69, 9.17) is 33.0 Å². The molecule has 0 fully saturated rings. The summed E-state index contributed by atoms with van der Waals surface area (Å²) in [4.78, 5) is 43.2. The lowest BCUT2D eigenvalue weighted by Gasteiger charge is -2.25. The van der Waals surface area contributed by atoms with Crippen molar-refractivity contribution in [1.82, 2.24) is 10.2 Å². The molecule has 1 heterocycles. The van der Waals surface area contributed by atoms with Crippen molar-refractivity contribution in [2.24, 2.45) is 0 Å². The van der Waals surface area contributed by atoms with Crippen molar-refractivity contribution >= 4 is 52.3 Å². The highest BCUT2D eigenvalue weighted by atomic mass is 35.5. The second kappa shape index (κ2) is 15.2. The molecular weight excluding hydrogens is 591 g/mol. The molecule has 0 spiro atoms. The molecule has 0 radical (unpaired) electrons. The minimum absolute atomic E-state index is 0.0649. The highest BCUT2D eigenvalue weighted by Crippen LogP contribution is 2.39. The first-order valence-electron chi connectivity index (χ1n) is 14.1. The molecule has 0 bridgehead atoms. The van der Waals surface area contributed by atoms with E-state index < -0.39 is 0 Å². The third kappa shape index (κ3) is 8.26. The quantitative estimate of drug-likeness (QED) is 0.269. The van der Waals surface area contributed by atoms with E-state index >= 15 is 0 Å². The number of likely N-dealkylation sites (N-methyl/N-ethyl adjacent to an activating group) is 1. The maximum Gasteiger partial charge on any atom is 0.262 e. The van der Waals surface area contributed by atoms with Gasteiger partial charge in [0.2, 0.25) is 5.91 Å². The number of carbonyl (C=O) groups excluding carboxylic acids is 3. The predicted octanol–water partition coefficient (Wildman–Crippen LogP) is 5.21. The minimum atomic E-state index is -0.377. The molecule has 228 valence electrons. The Morgan fingerprint density at radius 1 is 1.05 bits per heavy atom. The third-order valence-corrected chi connectivity index (χ3v) is 8.00. The number of aliphatic hydroxyl groups excluding tert-OH is 1. The fourth-order valence-corrected chi connectivity index (χ4v) is 5.59. The van der Waals surface area contributed by atoms with E-state index in [1.54, 1.807) is 53.4 Å². The van der Waals surface area contributed by atoms with Crippen LogP contribution in [0.25, 0.3) is 0 Å². The van der Waals surface area contributed by atoms with Crippen LogP contribution in [0.5, 0.6) is 5.75 Å². The molecule has 11 heteroatoms. The van der Waals surface area contributed by atoms with E-state index in [2.05, 4.69) is 10.6 Å². The van der Waals surface area contributed by atoms with E-state index in [-0.39, 0.29) is 36.7 Å². The molecule has 3 amide bonds. The number of benzene rings is 3. The SMILES string of the molecule is COc1cc(NC(=O)c2ccccc2Cl)ccc1C(=O)N1CCCC(CC(=O)NCCN(C)CCO)c2cc(Cl)ccc21. The van der Waals surface area contributed by atoms with Gasteiger partial charge < -0.3 is 30.3 Å². The third-order valence-electron chi connectivity index (χ3n) is 7.44. The van der Waals surface area contributed by atoms with Gasteiger partial charge in [-0.25, -0.2) is 0 Å². The van der Waals surface area contributed by atoms with E-state index in [9.17, 15) is 14.4 Å². The van der Waals surface area contributed by atoms with Crippen LogP contribution in [0, 0.1) is 0 Å². The van der Waals surface area contributed by atoms with Crippen LogP contribution in [0.2, 0.25) is 10.0 Å². The number of nitrogens with one attached hydrogen (secondary N) is 2. The number of aliphatic hydroxyl groups is 1. The maximum absolute atomic E-state index is 14.0. The monoisotopic (exact) mass is 626 g/mol. The second-order valence-corrected chi connectivity index (χ2v) is 11.3. The normalized spacial score (nSPS) is 14.6. The summed E-state index contributed by atoms with van der Waals surface area (Å²) in [6, 6.07) is 17.0. The lowest BCUT2D eigenvalue weighted by atomic mass is 9.90. The number of fused-ring (bicyclic) bond motifs is 1. The van der Waals surface area contributed by atoms with Gasteiger partial charge in [0.1, 0.15) is 5.75 Å². The Bertz CT molecular complexity index is 1470. The topological polar surface area (TPSA) is 111 Å². The number of nitrogens with zero attached hydrogens (tertiary/aromatic N) is 2. The Hall–Kier alpha value is -3.63. The second-order valence-electron chi connectivity index (χ2n) is 10.4. The molecule has 3 aromatic rings. The van der Waals surface area contributed by atoms with Gasteiger partial charge in [-0.2, -0.15) is 0 Å². The van der Waals surface area contributed by atoms with Gasteiger partial charge in [0.25, 0.3) is 11.8 Å². The van der Waals surface area contributed by atoms with Gasteiger partial charge in [0.05, 0.1) is 29.9 Å². The summed E-state index contributed by atoms with van der Waals surface area (Å²) in [5.74, 6) is -0.530. The Morgan fingerprint density at radius 2 is 1.84 bits per heavy atom. The largest absolute Gasteiger partial charge is 0.496 e. The number of hydrogen-bond acceptors (Lipinski definition) is 6. The van der Waals surface area contributed by atoms with Gasteiger partial charge in [-0.1, -0.05) is 35.3 Å². The number of hydrogen-bond donors (Lipinski definition) is 3. The molecule has 3 aromatic carbocycles. The molecule has 0 saturated heterocycles. The summed E-state index contributed by atoms with van der Waals surface area (Å²) >= 11 is 12.6. The number of carbonyl (C=O) groups is 3. The molecule has 4 rings (SSSR count). The zero-order chi connectivity index (χ0) is 30.9. The van der Waals surface area contributed by atoms with Crippen molar-refractivity contribution in [3.63, 3.8) is 0 Å². The Labute approximate surface area is 261 Å². The van der Waals surface area contributed by atoms with E-state index in [1.807, 2.05) is 24.1 Å². The molecule has 43 heavy (non-hydrogen) atoms. The summed E-state index contributed by atoms with van der Waals surface area (Å²) in [6.45, 7) is 2.16. The number of amides is 3. The van der Waals surface area contributed by atoms with Crippen molar-refractivity contribution in [3.8, 4) is 5.75 Å². The molecule has 1 atom stereocenters. The minimum Gasteiger partial charge on any atom is -0.496 e. The van der Waals surface area contributed by atoms with Gasteiger partial charge in [-0.15, -0.1) is 0 Å². The van der Waals surface area contributed by atoms with Crippen LogP contribution in [0.1, 0.15) is 51.5 Å². The summed E-state index contributed by atoms with van der Waals surface area (Å²) in [5.41, 5.74) is 2.66. The first-order chi connectivity index (χ1) is 20.7. The fourth-order valence-electron chi connectivity index (χ4n) is 5.19. The lowest BCUT2D eigenvalue weighted by molar-refractivity contribution is -0.121. The lowest BCUT2D eigenvalue weighted by Crippen LogP contribution is -2.34. The molecule has 3 N–H and O–H groups in total. The number of halogens is 2. The average Bonchev–Trinajstić information content (AvgIpc) is 3.16. The van der Waals surface area contributed by atoms with Crippen LogP contribution in [0.15, 0.2) is 60.7 Å². The van der Waals surface area contributed by atoms with Gasteiger partial charge >= 0.3 is 0 Å². The molecular formula is C32H36Cl2N4O5. The summed E-state index contributed by atoms with van der Waals surface area (Å²) in [6.07, 6.45) is 1.66. The molecule has 0 aliphatic carbocycles. The van der Waals surface area contributed by atoms with Crippen LogP contribution < -0.4 is 20.3 Å². The number of rotatable bonds is 11. The van der Waals surface area contributed by atoms with Crippen molar-refractivity contribution in [2.45, 2.75) is 25.2 Å². The highest BCUT2D eigenvalue weighted by molar-refractivity contribution is 6.34. The zero-order valence-corrected chi connectivity index (χ0v) is 25.8. The van der Waals surface area contributed by atoms with Crippen LogP contribution in [0.3, 0.4) is 0 Å². The Kier molecular flexibility index (Phi) is 11.4.